The van der Waals surface area contributed by atoms with Crippen LogP contribution in [0.25, 0.3) is 11.1 Å². The van der Waals surface area contributed by atoms with Crippen LogP contribution in [0.5, 0.6) is 0 Å². The SMILES string of the molecule is CNC(=O)c1cccc(-c2ccc(C(CN3CCCC3)N(C)C(=O)CN(C)c3ccc(Cl)c(Cl)c3)cc2)c1. The summed E-state index contributed by atoms with van der Waals surface area (Å²) in [6, 6.07) is 21.2. The minimum atomic E-state index is -0.111. The summed E-state index contributed by atoms with van der Waals surface area (Å²) in [6.45, 7) is 3.09. The van der Waals surface area contributed by atoms with Gasteiger partial charge in [-0.1, -0.05) is 59.6 Å². The Bertz CT molecular complexity index is 1280. The Morgan fingerprint density at radius 1 is 0.921 bits per heavy atom. The summed E-state index contributed by atoms with van der Waals surface area (Å²) >= 11 is 12.3. The topological polar surface area (TPSA) is 55.9 Å². The predicted octanol–water partition coefficient (Wildman–Crippen LogP) is 5.75. The van der Waals surface area contributed by atoms with E-state index in [1.54, 1.807) is 25.2 Å². The number of hydrogen-bond donors (Lipinski definition) is 1. The molecule has 0 saturated carbocycles. The number of anilines is 1. The molecule has 2 amide bonds. The monoisotopic (exact) mass is 552 g/mol. The van der Waals surface area contributed by atoms with Gasteiger partial charge in [-0.15, -0.1) is 0 Å². The molecule has 38 heavy (non-hydrogen) atoms. The number of rotatable bonds is 9. The first-order valence-electron chi connectivity index (χ1n) is 12.8. The fourth-order valence-corrected chi connectivity index (χ4v) is 5.14. The third-order valence-corrected chi connectivity index (χ3v) is 7.93. The highest BCUT2D eigenvalue weighted by Gasteiger charge is 2.26. The third-order valence-electron chi connectivity index (χ3n) is 7.19. The zero-order valence-corrected chi connectivity index (χ0v) is 23.6. The quantitative estimate of drug-likeness (QED) is 0.367. The van der Waals surface area contributed by atoms with E-state index < -0.39 is 0 Å². The number of hydrogen-bond acceptors (Lipinski definition) is 4. The number of benzene rings is 3. The van der Waals surface area contributed by atoms with Crippen molar-refractivity contribution in [2.24, 2.45) is 0 Å². The van der Waals surface area contributed by atoms with Crippen molar-refractivity contribution in [1.29, 1.82) is 0 Å². The molecule has 0 aliphatic carbocycles. The van der Waals surface area contributed by atoms with Crippen molar-refractivity contribution in [3.8, 4) is 11.1 Å². The van der Waals surface area contributed by atoms with Gasteiger partial charge in [0.15, 0.2) is 0 Å². The highest BCUT2D eigenvalue weighted by atomic mass is 35.5. The molecule has 4 rings (SSSR count). The molecular weight excluding hydrogens is 519 g/mol. The summed E-state index contributed by atoms with van der Waals surface area (Å²) in [5.41, 5.74) is 4.53. The number of amides is 2. The Labute approximate surface area is 235 Å². The van der Waals surface area contributed by atoms with Gasteiger partial charge in [0.2, 0.25) is 5.91 Å². The molecule has 1 aliphatic heterocycles. The molecule has 1 N–H and O–H groups in total. The van der Waals surface area contributed by atoms with Crippen molar-refractivity contribution >= 4 is 40.7 Å². The Morgan fingerprint density at radius 2 is 1.63 bits per heavy atom. The van der Waals surface area contributed by atoms with E-state index in [-0.39, 0.29) is 24.4 Å². The van der Waals surface area contributed by atoms with Crippen LogP contribution in [0.15, 0.2) is 66.7 Å². The first-order chi connectivity index (χ1) is 18.3. The van der Waals surface area contributed by atoms with E-state index in [2.05, 4.69) is 34.5 Å². The molecule has 0 spiro atoms. The number of nitrogens with one attached hydrogen (secondary N) is 1. The lowest BCUT2D eigenvalue weighted by Crippen LogP contribution is -2.42. The Hall–Kier alpha value is -3.06. The second-order valence-electron chi connectivity index (χ2n) is 9.76. The van der Waals surface area contributed by atoms with Crippen molar-refractivity contribution in [3.63, 3.8) is 0 Å². The van der Waals surface area contributed by atoms with E-state index in [1.807, 2.05) is 48.2 Å². The summed E-state index contributed by atoms with van der Waals surface area (Å²) in [7, 11) is 5.39. The number of carbonyl (C=O) groups is 2. The predicted molar refractivity (Wildman–Crippen MR) is 156 cm³/mol. The summed E-state index contributed by atoms with van der Waals surface area (Å²) in [5.74, 6) is -0.0924. The zero-order valence-electron chi connectivity index (χ0n) is 22.1. The van der Waals surface area contributed by atoms with Crippen molar-refractivity contribution in [3.05, 3.63) is 87.9 Å². The summed E-state index contributed by atoms with van der Waals surface area (Å²) in [6.07, 6.45) is 2.37. The van der Waals surface area contributed by atoms with Crippen LogP contribution in [-0.2, 0) is 4.79 Å². The van der Waals surface area contributed by atoms with E-state index in [9.17, 15) is 9.59 Å². The maximum absolute atomic E-state index is 13.5. The van der Waals surface area contributed by atoms with Crippen LogP contribution in [-0.4, -0.2) is 68.9 Å². The highest BCUT2D eigenvalue weighted by Crippen LogP contribution is 2.29. The molecule has 3 aromatic carbocycles. The molecule has 200 valence electrons. The van der Waals surface area contributed by atoms with Gasteiger partial charge in [0.25, 0.3) is 5.91 Å². The second kappa shape index (κ2) is 12.7. The van der Waals surface area contributed by atoms with Gasteiger partial charge in [-0.25, -0.2) is 0 Å². The second-order valence-corrected chi connectivity index (χ2v) is 10.6. The van der Waals surface area contributed by atoms with Gasteiger partial charge in [-0.3, -0.25) is 9.59 Å². The van der Waals surface area contributed by atoms with Gasteiger partial charge >= 0.3 is 0 Å². The van der Waals surface area contributed by atoms with Gasteiger partial charge in [-0.2, -0.15) is 0 Å². The Balaban J connectivity index is 1.54. The van der Waals surface area contributed by atoms with Gasteiger partial charge in [-0.05, 0) is 73.0 Å². The minimum Gasteiger partial charge on any atom is -0.365 e. The molecule has 1 aliphatic rings. The van der Waals surface area contributed by atoms with Crippen LogP contribution in [0, 0.1) is 0 Å². The summed E-state index contributed by atoms with van der Waals surface area (Å²) in [4.78, 5) is 31.7. The molecule has 1 fully saturated rings. The number of likely N-dealkylation sites (tertiary alicyclic amines) is 1. The number of halogens is 2. The van der Waals surface area contributed by atoms with Gasteiger partial charge < -0.3 is 20.0 Å². The number of nitrogens with zero attached hydrogens (tertiary/aromatic N) is 3. The van der Waals surface area contributed by atoms with E-state index in [0.717, 1.165) is 42.0 Å². The molecule has 8 heteroatoms. The molecular formula is C30H34Cl2N4O2. The van der Waals surface area contributed by atoms with E-state index in [4.69, 9.17) is 23.2 Å². The first-order valence-corrected chi connectivity index (χ1v) is 13.6. The molecule has 1 atom stereocenters. The zero-order chi connectivity index (χ0) is 27.2. The standard InChI is InChI=1S/C30H34Cl2N4O2/c1-33-30(38)24-8-6-7-23(17-24)21-9-11-22(12-10-21)28(19-36-15-4-5-16-36)35(3)29(37)20-34(2)25-13-14-26(31)27(32)18-25/h6-14,17-18,28H,4-5,15-16,19-20H2,1-3H3,(H,33,38). The van der Waals surface area contributed by atoms with Crippen molar-refractivity contribution < 1.29 is 9.59 Å². The van der Waals surface area contributed by atoms with Gasteiger partial charge in [0.05, 0.1) is 22.6 Å². The van der Waals surface area contributed by atoms with Crippen LogP contribution < -0.4 is 10.2 Å². The fraction of sp³-hybridized carbons (Fsp3) is 0.333. The number of likely N-dealkylation sites (N-methyl/N-ethyl adjacent to an activating group) is 2. The Morgan fingerprint density at radius 3 is 2.29 bits per heavy atom. The van der Waals surface area contributed by atoms with Crippen LogP contribution in [0.2, 0.25) is 10.0 Å². The van der Waals surface area contributed by atoms with Crippen LogP contribution in [0.3, 0.4) is 0 Å². The molecule has 3 aromatic rings. The van der Waals surface area contributed by atoms with Crippen molar-refractivity contribution in [1.82, 2.24) is 15.1 Å². The smallest absolute Gasteiger partial charge is 0.251 e. The molecule has 1 saturated heterocycles. The Kier molecular flexibility index (Phi) is 9.31. The fourth-order valence-electron chi connectivity index (χ4n) is 4.85. The average Bonchev–Trinajstić information content (AvgIpc) is 3.46. The van der Waals surface area contributed by atoms with Crippen LogP contribution in [0.1, 0.15) is 34.8 Å². The van der Waals surface area contributed by atoms with Gasteiger partial charge in [0.1, 0.15) is 0 Å². The molecule has 1 unspecified atom stereocenters. The number of carbonyl (C=O) groups excluding carboxylic acids is 2. The molecule has 1 heterocycles. The molecule has 6 nitrogen and oxygen atoms in total. The lowest BCUT2D eigenvalue weighted by atomic mass is 9.98. The molecule has 0 aromatic heterocycles. The highest BCUT2D eigenvalue weighted by molar-refractivity contribution is 6.42. The summed E-state index contributed by atoms with van der Waals surface area (Å²) < 4.78 is 0. The summed E-state index contributed by atoms with van der Waals surface area (Å²) in [5, 5.41) is 3.62. The van der Waals surface area contributed by atoms with Crippen LogP contribution in [0.4, 0.5) is 5.69 Å². The van der Waals surface area contributed by atoms with E-state index in [1.165, 1.54) is 12.8 Å². The minimum absolute atomic E-state index is 0.0186. The maximum Gasteiger partial charge on any atom is 0.251 e. The maximum atomic E-state index is 13.5. The van der Waals surface area contributed by atoms with E-state index in [0.29, 0.717) is 15.6 Å². The van der Waals surface area contributed by atoms with Crippen molar-refractivity contribution in [2.45, 2.75) is 18.9 Å². The molecule has 0 bridgehead atoms. The largest absolute Gasteiger partial charge is 0.365 e. The lowest BCUT2D eigenvalue weighted by molar-refractivity contribution is -0.131. The van der Waals surface area contributed by atoms with Crippen molar-refractivity contribution in [2.75, 3.05) is 52.2 Å². The third kappa shape index (κ3) is 6.68. The first kappa shape index (κ1) is 28.0. The van der Waals surface area contributed by atoms with Crippen LogP contribution >= 0.6 is 23.2 Å². The lowest BCUT2D eigenvalue weighted by Gasteiger charge is -2.33. The van der Waals surface area contributed by atoms with Gasteiger partial charge in [0, 0.05) is 38.9 Å². The molecule has 0 radical (unpaired) electrons. The average molecular weight is 554 g/mol. The normalized spacial score (nSPS) is 14.2. The van der Waals surface area contributed by atoms with E-state index >= 15 is 0 Å².